The van der Waals surface area contributed by atoms with Crippen molar-refractivity contribution in [3.8, 4) is 0 Å². The van der Waals surface area contributed by atoms with E-state index in [1.807, 2.05) is 0 Å². The quantitative estimate of drug-likeness (QED) is 0.112. The van der Waals surface area contributed by atoms with Crippen molar-refractivity contribution in [2.24, 2.45) is 0 Å². The van der Waals surface area contributed by atoms with Crippen molar-refractivity contribution in [2.75, 3.05) is 19.8 Å². The van der Waals surface area contributed by atoms with Gasteiger partial charge in [-0.2, -0.15) is 0 Å². The third-order valence-corrected chi connectivity index (χ3v) is 10.7. The maximum atomic E-state index is 12.4. The highest BCUT2D eigenvalue weighted by Crippen LogP contribution is 2.38. The van der Waals surface area contributed by atoms with E-state index in [0.717, 1.165) is 25.7 Å². The number of carbonyl (C=O) groups is 1. The predicted octanol–water partition coefficient (Wildman–Crippen LogP) is 5.58. The summed E-state index contributed by atoms with van der Waals surface area (Å²) in [5.41, 5.74) is 0. The average Bonchev–Trinajstić information content (AvgIpc) is 2.89. The van der Waals surface area contributed by atoms with E-state index >= 15 is 0 Å². The molecule has 0 saturated heterocycles. The summed E-state index contributed by atoms with van der Waals surface area (Å²) in [5, 5.41) is 0.139. The van der Waals surface area contributed by atoms with Gasteiger partial charge in [-0.1, -0.05) is 70.1 Å². The Hall–Kier alpha value is -0.283. The van der Waals surface area contributed by atoms with Crippen LogP contribution in [0, 0.1) is 0 Å². The first-order chi connectivity index (χ1) is 12.5. The minimum atomic E-state index is -1.87. The summed E-state index contributed by atoms with van der Waals surface area (Å²) in [6, 6.07) is 0. The van der Waals surface area contributed by atoms with E-state index in [9.17, 15) is 4.79 Å². The molecule has 0 N–H and O–H groups in total. The molecule has 0 bridgehead atoms. The lowest BCUT2D eigenvalue weighted by Gasteiger charge is -2.37. The number of cyclic esters (lactones) is 1. The first-order valence-corrected chi connectivity index (χ1v) is 14.2. The standard InChI is InChI=1S/C20H37IO5Si/c1-8-10-12-23-17-16(26-19(22)18(17)24-13-11-9-2)15(21)14-25-27(6,7)20(3,4)5/h15-16H,8-14H2,1-7H3/t15-,16-/m1/s1. The number of halogens is 1. The van der Waals surface area contributed by atoms with Gasteiger partial charge in [0.2, 0.25) is 5.76 Å². The van der Waals surface area contributed by atoms with E-state index in [1.165, 1.54) is 0 Å². The van der Waals surface area contributed by atoms with E-state index < -0.39 is 20.4 Å². The van der Waals surface area contributed by atoms with Crippen molar-refractivity contribution in [3.05, 3.63) is 11.5 Å². The van der Waals surface area contributed by atoms with Crippen LogP contribution in [0.5, 0.6) is 0 Å². The highest BCUT2D eigenvalue weighted by atomic mass is 127. The smallest absolute Gasteiger partial charge is 0.378 e. The van der Waals surface area contributed by atoms with Crippen LogP contribution in [0.2, 0.25) is 18.1 Å². The van der Waals surface area contributed by atoms with Gasteiger partial charge in [0.05, 0.1) is 17.1 Å². The Bertz CT molecular complexity index is 513. The van der Waals surface area contributed by atoms with E-state index in [4.69, 9.17) is 18.6 Å². The highest BCUT2D eigenvalue weighted by Gasteiger charge is 2.43. The minimum Gasteiger partial charge on any atom is -0.490 e. The number of unbranched alkanes of at least 4 members (excludes halogenated alkanes) is 2. The topological polar surface area (TPSA) is 54.0 Å². The van der Waals surface area contributed by atoms with Gasteiger partial charge < -0.3 is 18.6 Å². The van der Waals surface area contributed by atoms with Gasteiger partial charge in [-0.3, -0.25) is 0 Å². The molecule has 0 aliphatic carbocycles. The van der Waals surface area contributed by atoms with Crippen LogP contribution in [-0.4, -0.2) is 44.1 Å². The number of carbonyl (C=O) groups excluding carboxylic acids is 1. The van der Waals surface area contributed by atoms with Gasteiger partial charge in [0, 0.05) is 6.61 Å². The third-order valence-electron chi connectivity index (χ3n) is 5.14. The van der Waals surface area contributed by atoms with Gasteiger partial charge >= 0.3 is 5.97 Å². The zero-order valence-electron chi connectivity index (χ0n) is 18.0. The number of ether oxygens (including phenoxy) is 3. The molecule has 0 aromatic carbocycles. The summed E-state index contributed by atoms with van der Waals surface area (Å²) < 4.78 is 23.6. The van der Waals surface area contributed by atoms with E-state index in [1.54, 1.807) is 0 Å². The largest absolute Gasteiger partial charge is 0.490 e. The van der Waals surface area contributed by atoms with Crippen LogP contribution in [0.15, 0.2) is 11.5 Å². The van der Waals surface area contributed by atoms with Crippen molar-refractivity contribution in [1.82, 2.24) is 0 Å². The molecule has 1 rings (SSSR count). The fraction of sp³-hybridized carbons (Fsp3) is 0.850. The molecule has 2 atom stereocenters. The SMILES string of the molecule is CCCCOC1=C(OCCCC)[C@@H]([C@H](I)CO[Si](C)(C)C(C)(C)C)OC1=O. The van der Waals surface area contributed by atoms with Crippen molar-refractivity contribution in [3.63, 3.8) is 0 Å². The van der Waals surface area contributed by atoms with E-state index in [0.29, 0.717) is 25.6 Å². The first kappa shape index (κ1) is 24.8. The van der Waals surface area contributed by atoms with Gasteiger partial charge in [0.25, 0.3) is 0 Å². The Labute approximate surface area is 179 Å². The number of hydrogen-bond acceptors (Lipinski definition) is 5. The predicted molar refractivity (Wildman–Crippen MR) is 120 cm³/mol. The number of hydrogen-bond donors (Lipinski definition) is 0. The Balaban J connectivity index is 2.86. The highest BCUT2D eigenvalue weighted by molar-refractivity contribution is 14.1. The first-order valence-electron chi connectivity index (χ1n) is 10.0. The maximum absolute atomic E-state index is 12.4. The summed E-state index contributed by atoms with van der Waals surface area (Å²) in [4.78, 5) is 12.4. The molecular formula is C20H37IO5Si. The summed E-state index contributed by atoms with van der Waals surface area (Å²) >= 11 is 2.30. The molecule has 7 heteroatoms. The average molecular weight is 513 g/mol. The Morgan fingerprint density at radius 1 is 1.11 bits per heavy atom. The molecule has 0 aromatic heterocycles. The zero-order chi connectivity index (χ0) is 20.7. The Morgan fingerprint density at radius 2 is 1.67 bits per heavy atom. The Morgan fingerprint density at radius 3 is 2.19 bits per heavy atom. The van der Waals surface area contributed by atoms with Crippen LogP contribution in [0.3, 0.4) is 0 Å². The fourth-order valence-corrected chi connectivity index (χ4v) is 4.23. The van der Waals surface area contributed by atoms with Gasteiger partial charge in [-0.25, -0.2) is 4.79 Å². The summed E-state index contributed by atoms with van der Waals surface area (Å²) in [6.07, 6.45) is 3.41. The third kappa shape index (κ3) is 7.23. The maximum Gasteiger partial charge on any atom is 0.378 e. The van der Waals surface area contributed by atoms with Gasteiger partial charge in [0.1, 0.15) is 0 Å². The van der Waals surface area contributed by atoms with E-state index in [2.05, 4.69) is 70.3 Å². The minimum absolute atomic E-state index is 0.0235. The molecule has 0 saturated carbocycles. The zero-order valence-corrected chi connectivity index (χ0v) is 21.2. The summed E-state index contributed by atoms with van der Waals surface area (Å²) in [7, 11) is -1.87. The second-order valence-electron chi connectivity index (χ2n) is 8.51. The van der Waals surface area contributed by atoms with Crippen molar-refractivity contribution in [2.45, 2.75) is 88.5 Å². The van der Waals surface area contributed by atoms with Crippen LogP contribution in [0.4, 0.5) is 0 Å². The lowest BCUT2D eigenvalue weighted by atomic mass is 10.2. The molecule has 0 radical (unpaired) electrons. The molecule has 0 spiro atoms. The van der Waals surface area contributed by atoms with E-state index in [-0.39, 0.29) is 14.7 Å². The number of alkyl halides is 1. The lowest BCUT2D eigenvalue weighted by molar-refractivity contribution is -0.143. The van der Waals surface area contributed by atoms with Gasteiger partial charge in [0.15, 0.2) is 20.2 Å². The molecule has 1 aliphatic heterocycles. The van der Waals surface area contributed by atoms with Gasteiger partial charge in [-0.05, 0) is 31.0 Å². The molecule has 0 unspecified atom stereocenters. The monoisotopic (exact) mass is 512 g/mol. The summed E-state index contributed by atoms with van der Waals surface area (Å²) in [5.74, 6) is 0.373. The molecule has 27 heavy (non-hydrogen) atoms. The van der Waals surface area contributed by atoms with Crippen LogP contribution in [0.25, 0.3) is 0 Å². The van der Waals surface area contributed by atoms with Crippen molar-refractivity contribution >= 4 is 36.9 Å². The normalized spacial score (nSPS) is 19.3. The number of rotatable bonds is 12. The van der Waals surface area contributed by atoms with Crippen LogP contribution >= 0.6 is 22.6 Å². The number of esters is 1. The second kappa shape index (κ2) is 11.0. The molecular weight excluding hydrogens is 475 g/mol. The Kier molecular flexibility index (Phi) is 10.1. The van der Waals surface area contributed by atoms with Crippen molar-refractivity contribution < 1.29 is 23.4 Å². The van der Waals surface area contributed by atoms with Crippen LogP contribution in [0.1, 0.15) is 60.3 Å². The summed E-state index contributed by atoms with van der Waals surface area (Å²) in [6.45, 7) is 16.9. The molecule has 5 nitrogen and oxygen atoms in total. The van der Waals surface area contributed by atoms with Crippen LogP contribution in [-0.2, 0) is 23.4 Å². The second-order valence-corrected chi connectivity index (χ2v) is 14.9. The lowest BCUT2D eigenvalue weighted by Crippen LogP contribution is -2.43. The van der Waals surface area contributed by atoms with Gasteiger partial charge in [-0.15, -0.1) is 0 Å². The molecule has 0 aromatic rings. The van der Waals surface area contributed by atoms with Crippen LogP contribution < -0.4 is 0 Å². The molecule has 0 amide bonds. The molecule has 1 heterocycles. The fourth-order valence-electron chi connectivity index (χ4n) is 2.20. The molecule has 0 fully saturated rings. The van der Waals surface area contributed by atoms with Crippen molar-refractivity contribution in [1.29, 1.82) is 0 Å². The molecule has 1 aliphatic rings. The molecule has 158 valence electrons.